The summed E-state index contributed by atoms with van der Waals surface area (Å²) in [4.78, 5) is 30.4. The molecule has 2 fully saturated rings. The van der Waals surface area contributed by atoms with E-state index in [1.54, 1.807) is 12.1 Å². The van der Waals surface area contributed by atoms with Gasteiger partial charge in [0, 0.05) is 25.3 Å². The van der Waals surface area contributed by atoms with Gasteiger partial charge in [-0.2, -0.15) is 0 Å². The minimum atomic E-state index is -0.522. The van der Waals surface area contributed by atoms with E-state index in [1.165, 1.54) is 12.1 Å². The number of ether oxygens (including phenoxy) is 1. The first-order chi connectivity index (χ1) is 15.1. The lowest BCUT2D eigenvalue weighted by molar-refractivity contribution is -0.142. The van der Waals surface area contributed by atoms with Crippen molar-refractivity contribution in [3.8, 4) is 0 Å². The summed E-state index contributed by atoms with van der Waals surface area (Å²) in [5.74, 6) is -0.508. The van der Waals surface area contributed by atoms with Gasteiger partial charge >= 0.3 is 0 Å². The Labute approximate surface area is 182 Å². The highest BCUT2D eigenvalue weighted by Gasteiger charge is 2.36. The monoisotopic (exact) mass is 425 g/mol. The van der Waals surface area contributed by atoms with Crippen LogP contribution in [0.3, 0.4) is 0 Å². The van der Waals surface area contributed by atoms with Crippen molar-refractivity contribution < 1.29 is 18.7 Å². The van der Waals surface area contributed by atoms with Crippen LogP contribution >= 0.6 is 0 Å². The fraction of sp³-hybridized carbons (Fsp3) is 0.417. The van der Waals surface area contributed by atoms with E-state index in [0.29, 0.717) is 38.5 Å². The van der Waals surface area contributed by atoms with Gasteiger partial charge in [-0.25, -0.2) is 4.39 Å². The van der Waals surface area contributed by atoms with Crippen molar-refractivity contribution in [2.45, 2.75) is 18.9 Å². The molecule has 2 atom stereocenters. The zero-order chi connectivity index (χ0) is 21.6. The number of nitrogens with one attached hydrogen (secondary N) is 1. The number of rotatable bonds is 5. The summed E-state index contributed by atoms with van der Waals surface area (Å²) in [5, 5.41) is 2.91. The van der Waals surface area contributed by atoms with Crippen LogP contribution in [-0.2, 0) is 14.3 Å². The maximum atomic E-state index is 13.3. The molecular weight excluding hydrogens is 397 g/mol. The number of amides is 2. The summed E-state index contributed by atoms with van der Waals surface area (Å²) in [7, 11) is 0. The van der Waals surface area contributed by atoms with E-state index < -0.39 is 6.04 Å². The molecule has 0 saturated carbocycles. The Balaban J connectivity index is 1.52. The fourth-order valence-electron chi connectivity index (χ4n) is 4.39. The van der Waals surface area contributed by atoms with Crippen LogP contribution in [0.2, 0.25) is 0 Å². The number of likely N-dealkylation sites (tertiary alicyclic amines) is 1. The van der Waals surface area contributed by atoms with Gasteiger partial charge in [-0.3, -0.25) is 14.5 Å². The van der Waals surface area contributed by atoms with E-state index in [9.17, 15) is 14.0 Å². The highest BCUT2D eigenvalue weighted by atomic mass is 19.1. The van der Waals surface area contributed by atoms with E-state index in [-0.39, 0.29) is 23.5 Å². The normalized spacial score (nSPS) is 20.8. The van der Waals surface area contributed by atoms with E-state index in [2.05, 4.69) is 10.2 Å². The molecule has 2 amide bonds. The lowest BCUT2D eigenvalue weighted by Crippen LogP contribution is -2.50. The van der Waals surface area contributed by atoms with Gasteiger partial charge < -0.3 is 15.0 Å². The van der Waals surface area contributed by atoms with Crippen molar-refractivity contribution in [2.24, 2.45) is 5.92 Å². The van der Waals surface area contributed by atoms with Crippen LogP contribution in [0, 0.1) is 11.7 Å². The number of hydrogen-bond acceptors (Lipinski definition) is 4. The first kappa shape index (κ1) is 21.5. The summed E-state index contributed by atoms with van der Waals surface area (Å²) >= 11 is 0. The second-order valence-electron chi connectivity index (χ2n) is 8.08. The maximum Gasteiger partial charge on any atom is 0.246 e. The number of anilines is 1. The molecule has 0 aliphatic carbocycles. The Morgan fingerprint density at radius 2 is 1.71 bits per heavy atom. The SMILES string of the molecule is O=C(Nc1ccc(F)cc1)[C@@H](c1ccccc1)N1CCC[C@@H](C(=O)N2CCOCC2)C1. The second-order valence-corrected chi connectivity index (χ2v) is 8.08. The highest BCUT2D eigenvalue weighted by molar-refractivity contribution is 5.95. The quantitative estimate of drug-likeness (QED) is 0.800. The van der Waals surface area contributed by atoms with Crippen LogP contribution in [-0.4, -0.2) is 61.0 Å². The van der Waals surface area contributed by atoms with Crippen LogP contribution in [0.1, 0.15) is 24.4 Å². The van der Waals surface area contributed by atoms with Crippen molar-refractivity contribution in [1.82, 2.24) is 9.80 Å². The molecule has 0 radical (unpaired) electrons. The zero-order valence-electron chi connectivity index (χ0n) is 17.5. The first-order valence-corrected chi connectivity index (χ1v) is 10.8. The molecule has 0 aromatic heterocycles. The number of hydrogen-bond donors (Lipinski definition) is 1. The molecule has 0 unspecified atom stereocenters. The van der Waals surface area contributed by atoms with Gasteiger partial charge in [0.2, 0.25) is 11.8 Å². The standard InChI is InChI=1S/C24H28FN3O3/c25-20-8-10-21(11-9-20)26-23(29)22(18-5-2-1-3-6-18)28-12-4-7-19(17-28)24(30)27-13-15-31-16-14-27/h1-3,5-6,8-11,19,22H,4,7,12-17H2,(H,26,29)/t19-,22-/m1/s1. The Kier molecular flexibility index (Phi) is 6.94. The van der Waals surface area contributed by atoms with Crippen molar-refractivity contribution >= 4 is 17.5 Å². The molecule has 1 N–H and O–H groups in total. The number of carbonyl (C=O) groups excluding carboxylic acids is 2. The molecule has 2 heterocycles. The van der Waals surface area contributed by atoms with Crippen LogP contribution in [0.15, 0.2) is 54.6 Å². The van der Waals surface area contributed by atoms with Gasteiger partial charge in [-0.15, -0.1) is 0 Å². The summed E-state index contributed by atoms with van der Waals surface area (Å²) < 4.78 is 18.6. The Morgan fingerprint density at radius 3 is 2.42 bits per heavy atom. The van der Waals surface area contributed by atoms with Crippen LogP contribution in [0.4, 0.5) is 10.1 Å². The molecule has 6 nitrogen and oxygen atoms in total. The Bertz CT molecular complexity index is 885. The predicted octanol–water partition coefficient (Wildman–Crippen LogP) is 3.08. The largest absolute Gasteiger partial charge is 0.378 e. The third-order valence-electron chi connectivity index (χ3n) is 5.97. The van der Waals surface area contributed by atoms with Gasteiger partial charge in [-0.05, 0) is 49.2 Å². The molecule has 0 bridgehead atoms. The van der Waals surface area contributed by atoms with Crippen molar-refractivity contribution in [3.63, 3.8) is 0 Å². The van der Waals surface area contributed by atoms with Gasteiger partial charge in [0.15, 0.2) is 0 Å². The minimum Gasteiger partial charge on any atom is -0.378 e. The van der Waals surface area contributed by atoms with Crippen LogP contribution in [0.5, 0.6) is 0 Å². The minimum absolute atomic E-state index is 0.128. The summed E-state index contributed by atoms with van der Waals surface area (Å²) in [6.45, 7) is 3.69. The predicted molar refractivity (Wildman–Crippen MR) is 116 cm³/mol. The Morgan fingerprint density at radius 1 is 1.00 bits per heavy atom. The van der Waals surface area contributed by atoms with E-state index in [0.717, 1.165) is 24.9 Å². The molecule has 164 valence electrons. The lowest BCUT2D eigenvalue weighted by Gasteiger charge is -2.39. The number of carbonyl (C=O) groups is 2. The van der Waals surface area contributed by atoms with Gasteiger partial charge in [-0.1, -0.05) is 30.3 Å². The number of halogens is 1. The summed E-state index contributed by atoms with van der Waals surface area (Å²) in [6.07, 6.45) is 1.68. The molecule has 2 aromatic rings. The van der Waals surface area contributed by atoms with Crippen LogP contribution < -0.4 is 5.32 Å². The second kappa shape index (κ2) is 10.0. The molecule has 2 saturated heterocycles. The first-order valence-electron chi connectivity index (χ1n) is 10.8. The molecule has 2 aliphatic rings. The number of piperidine rings is 1. The number of nitrogens with zero attached hydrogens (tertiary/aromatic N) is 2. The number of morpholine rings is 1. The molecular formula is C24H28FN3O3. The molecule has 31 heavy (non-hydrogen) atoms. The third kappa shape index (κ3) is 5.29. The van der Waals surface area contributed by atoms with Gasteiger partial charge in [0.25, 0.3) is 0 Å². The summed E-state index contributed by atoms with van der Waals surface area (Å²) in [6, 6.07) is 14.8. The van der Waals surface area contributed by atoms with Crippen LogP contribution in [0.25, 0.3) is 0 Å². The Hall–Kier alpha value is -2.77. The van der Waals surface area contributed by atoms with E-state index in [4.69, 9.17) is 4.74 Å². The maximum absolute atomic E-state index is 13.3. The topological polar surface area (TPSA) is 61.9 Å². The smallest absolute Gasteiger partial charge is 0.246 e. The van der Waals surface area contributed by atoms with Crippen molar-refractivity contribution in [1.29, 1.82) is 0 Å². The van der Waals surface area contributed by atoms with Crippen molar-refractivity contribution in [2.75, 3.05) is 44.7 Å². The summed E-state index contributed by atoms with van der Waals surface area (Å²) in [5.41, 5.74) is 1.42. The molecule has 2 aromatic carbocycles. The molecule has 7 heteroatoms. The number of benzene rings is 2. The highest BCUT2D eigenvalue weighted by Crippen LogP contribution is 2.29. The van der Waals surface area contributed by atoms with Crippen molar-refractivity contribution in [3.05, 3.63) is 66.0 Å². The average Bonchev–Trinajstić information content (AvgIpc) is 2.82. The molecule has 4 rings (SSSR count). The third-order valence-corrected chi connectivity index (χ3v) is 5.97. The van der Waals surface area contributed by atoms with Gasteiger partial charge in [0.1, 0.15) is 11.9 Å². The van der Waals surface area contributed by atoms with Gasteiger partial charge in [0.05, 0.1) is 19.1 Å². The fourth-order valence-corrected chi connectivity index (χ4v) is 4.39. The molecule has 2 aliphatic heterocycles. The zero-order valence-corrected chi connectivity index (χ0v) is 17.5. The average molecular weight is 426 g/mol. The lowest BCUT2D eigenvalue weighted by atomic mass is 9.93. The van der Waals surface area contributed by atoms with E-state index in [1.807, 2.05) is 35.2 Å². The van der Waals surface area contributed by atoms with E-state index >= 15 is 0 Å². The molecule has 0 spiro atoms.